The molecule has 0 atom stereocenters. The standard InChI is InChI=1S/C12H8Cl2F2N2O2S/c13-6-3-8(14)12(11(17)4-6)21(19,20)18-7-1-2-9(15)10(16)5-7/h1-5,18H,17H2. The third kappa shape index (κ3) is 3.37. The molecule has 0 aromatic heterocycles. The van der Waals surface area contributed by atoms with Gasteiger partial charge in [-0.3, -0.25) is 4.72 Å². The lowest BCUT2D eigenvalue weighted by Crippen LogP contribution is -2.15. The molecule has 2 aromatic rings. The van der Waals surface area contributed by atoms with Crippen LogP contribution in [0.25, 0.3) is 0 Å². The van der Waals surface area contributed by atoms with Crippen LogP contribution < -0.4 is 10.5 Å². The van der Waals surface area contributed by atoms with E-state index in [2.05, 4.69) is 4.72 Å². The van der Waals surface area contributed by atoms with E-state index in [1.807, 2.05) is 0 Å². The Morgan fingerprint density at radius 1 is 1.05 bits per heavy atom. The van der Waals surface area contributed by atoms with Crippen molar-refractivity contribution in [3.63, 3.8) is 0 Å². The molecule has 2 rings (SSSR count). The normalized spacial score (nSPS) is 11.4. The molecule has 2 aromatic carbocycles. The molecule has 0 aliphatic rings. The maximum absolute atomic E-state index is 13.1. The molecule has 21 heavy (non-hydrogen) atoms. The molecule has 0 fully saturated rings. The summed E-state index contributed by atoms with van der Waals surface area (Å²) in [7, 11) is -4.18. The monoisotopic (exact) mass is 352 g/mol. The van der Waals surface area contributed by atoms with E-state index in [1.54, 1.807) is 0 Å². The summed E-state index contributed by atoms with van der Waals surface area (Å²) in [6.45, 7) is 0. The zero-order chi connectivity index (χ0) is 15.8. The SMILES string of the molecule is Nc1cc(Cl)cc(Cl)c1S(=O)(=O)Nc1ccc(F)c(F)c1. The van der Waals surface area contributed by atoms with Crippen molar-refractivity contribution in [1.29, 1.82) is 0 Å². The Kier molecular flexibility index (Phi) is 4.27. The van der Waals surface area contributed by atoms with Crippen LogP contribution in [0.2, 0.25) is 10.0 Å². The Hall–Kier alpha value is -1.57. The fraction of sp³-hybridized carbons (Fsp3) is 0. The van der Waals surface area contributed by atoms with Crippen LogP contribution in [0.3, 0.4) is 0 Å². The fourth-order valence-corrected chi connectivity index (χ4v) is 3.67. The number of nitrogens with two attached hydrogens (primary N) is 1. The van der Waals surface area contributed by atoms with Crippen LogP contribution in [0.4, 0.5) is 20.2 Å². The number of sulfonamides is 1. The smallest absolute Gasteiger partial charge is 0.265 e. The van der Waals surface area contributed by atoms with Gasteiger partial charge in [0, 0.05) is 11.1 Å². The van der Waals surface area contributed by atoms with Crippen molar-refractivity contribution in [2.75, 3.05) is 10.5 Å². The van der Waals surface area contributed by atoms with Crippen molar-refractivity contribution >= 4 is 44.6 Å². The van der Waals surface area contributed by atoms with Gasteiger partial charge in [-0.2, -0.15) is 0 Å². The van der Waals surface area contributed by atoms with Crippen molar-refractivity contribution < 1.29 is 17.2 Å². The Labute approximate surface area is 129 Å². The second-order valence-corrected chi connectivity index (χ2v) is 6.50. The number of hydrogen-bond acceptors (Lipinski definition) is 3. The topological polar surface area (TPSA) is 72.2 Å². The van der Waals surface area contributed by atoms with Crippen LogP contribution in [0.5, 0.6) is 0 Å². The lowest BCUT2D eigenvalue weighted by Gasteiger charge is -2.12. The van der Waals surface area contributed by atoms with E-state index in [0.29, 0.717) is 6.07 Å². The Bertz CT molecular complexity index is 790. The molecule has 0 amide bonds. The minimum absolute atomic E-state index is 0.164. The second-order valence-electron chi connectivity index (χ2n) is 4.04. The quantitative estimate of drug-likeness (QED) is 0.828. The molecule has 4 nitrogen and oxygen atoms in total. The van der Waals surface area contributed by atoms with Crippen LogP contribution >= 0.6 is 23.2 Å². The first kappa shape index (κ1) is 15.8. The number of nitrogen functional groups attached to an aromatic ring is 1. The largest absolute Gasteiger partial charge is 0.398 e. The molecule has 0 spiro atoms. The summed E-state index contributed by atoms with van der Waals surface area (Å²) in [5.41, 5.74) is 5.26. The molecule has 0 bridgehead atoms. The number of nitrogens with one attached hydrogen (secondary N) is 1. The van der Waals surface area contributed by atoms with Crippen LogP contribution in [0.15, 0.2) is 35.2 Å². The van der Waals surface area contributed by atoms with Crippen LogP contribution in [-0.4, -0.2) is 8.42 Å². The van der Waals surface area contributed by atoms with Gasteiger partial charge in [0.2, 0.25) is 0 Å². The van der Waals surface area contributed by atoms with Crippen molar-refractivity contribution in [2.24, 2.45) is 0 Å². The van der Waals surface area contributed by atoms with Gasteiger partial charge in [0.15, 0.2) is 11.6 Å². The van der Waals surface area contributed by atoms with Gasteiger partial charge in [0.05, 0.1) is 16.4 Å². The zero-order valence-electron chi connectivity index (χ0n) is 10.2. The molecule has 0 saturated heterocycles. The van der Waals surface area contributed by atoms with E-state index < -0.39 is 26.6 Å². The maximum Gasteiger partial charge on any atom is 0.265 e. The van der Waals surface area contributed by atoms with Crippen LogP contribution in [0, 0.1) is 11.6 Å². The fourth-order valence-electron chi connectivity index (χ4n) is 1.63. The lowest BCUT2D eigenvalue weighted by molar-refractivity contribution is 0.509. The Morgan fingerprint density at radius 2 is 1.71 bits per heavy atom. The molecular formula is C12H8Cl2F2N2O2S. The third-order valence-corrected chi connectivity index (χ3v) is 4.60. The van der Waals surface area contributed by atoms with Gasteiger partial charge in [-0.1, -0.05) is 23.2 Å². The first-order valence-corrected chi connectivity index (χ1v) is 7.67. The molecule has 0 aliphatic carbocycles. The van der Waals surface area contributed by atoms with Gasteiger partial charge in [-0.15, -0.1) is 0 Å². The van der Waals surface area contributed by atoms with E-state index >= 15 is 0 Å². The summed E-state index contributed by atoms with van der Waals surface area (Å²) in [6.07, 6.45) is 0. The molecule has 9 heteroatoms. The highest BCUT2D eigenvalue weighted by Gasteiger charge is 2.22. The summed E-state index contributed by atoms with van der Waals surface area (Å²) in [5.74, 6) is -2.28. The summed E-state index contributed by atoms with van der Waals surface area (Å²) in [5, 5.41) is -0.0145. The van der Waals surface area contributed by atoms with Gasteiger partial charge >= 0.3 is 0 Å². The first-order chi connectivity index (χ1) is 9.70. The number of halogens is 4. The van der Waals surface area contributed by atoms with Gasteiger partial charge in [-0.25, -0.2) is 17.2 Å². The van der Waals surface area contributed by atoms with E-state index in [4.69, 9.17) is 28.9 Å². The zero-order valence-corrected chi connectivity index (χ0v) is 12.5. The van der Waals surface area contributed by atoms with Gasteiger partial charge < -0.3 is 5.73 Å². The molecule has 0 unspecified atom stereocenters. The number of hydrogen-bond donors (Lipinski definition) is 2. The van der Waals surface area contributed by atoms with Gasteiger partial charge in [-0.05, 0) is 24.3 Å². The summed E-state index contributed by atoms with van der Waals surface area (Å²) in [4.78, 5) is -0.390. The van der Waals surface area contributed by atoms with Crippen molar-refractivity contribution in [3.8, 4) is 0 Å². The van der Waals surface area contributed by atoms with Crippen LogP contribution in [0.1, 0.15) is 0 Å². The molecule has 0 aliphatic heterocycles. The summed E-state index contributed by atoms with van der Waals surface area (Å²) in [6, 6.07) is 4.98. The highest BCUT2D eigenvalue weighted by atomic mass is 35.5. The Morgan fingerprint density at radius 3 is 2.29 bits per heavy atom. The van der Waals surface area contributed by atoms with Crippen molar-refractivity contribution in [3.05, 3.63) is 52.0 Å². The highest BCUT2D eigenvalue weighted by molar-refractivity contribution is 7.93. The van der Waals surface area contributed by atoms with Crippen LogP contribution in [-0.2, 0) is 10.0 Å². The van der Waals surface area contributed by atoms with E-state index in [9.17, 15) is 17.2 Å². The lowest BCUT2D eigenvalue weighted by atomic mass is 10.3. The summed E-state index contributed by atoms with van der Waals surface area (Å²) < 4.78 is 52.4. The van der Waals surface area contributed by atoms with Crippen molar-refractivity contribution in [2.45, 2.75) is 4.90 Å². The van der Waals surface area contributed by atoms with Gasteiger partial charge in [0.25, 0.3) is 10.0 Å². The number of rotatable bonds is 3. The van der Waals surface area contributed by atoms with E-state index in [1.165, 1.54) is 12.1 Å². The average Bonchev–Trinajstić information content (AvgIpc) is 2.31. The highest BCUT2D eigenvalue weighted by Crippen LogP contribution is 2.32. The predicted molar refractivity (Wildman–Crippen MR) is 78.0 cm³/mol. The summed E-state index contributed by atoms with van der Waals surface area (Å²) >= 11 is 11.5. The minimum atomic E-state index is -4.18. The molecule has 0 heterocycles. The first-order valence-electron chi connectivity index (χ1n) is 5.43. The molecular weight excluding hydrogens is 345 g/mol. The second kappa shape index (κ2) is 5.67. The van der Waals surface area contributed by atoms with Crippen molar-refractivity contribution in [1.82, 2.24) is 0 Å². The molecule has 0 saturated carbocycles. The van der Waals surface area contributed by atoms with E-state index in [0.717, 1.165) is 12.1 Å². The maximum atomic E-state index is 13.1. The molecule has 0 radical (unpaired) electrons. The molecule has 112 valence electrons. The predicted octanol–water partition coefficient (Wildman–Crippen LogP) is 3.65. The molecule has 3 N–H and O–H groups in total. The third-order valence-electron chi connectivity index (χ3n) is 2.48. The number of anilines is 2. The Balaban J connectivity index is 2.46. The average molecular weight is 353 g/mol. The van der Waals surface area contributed by atoms with E-state index in [-0.39, 0.29) is 21.4 Å². The minimum Gasteiger partial charge on any atom is -0.398 e. The van der Waals surface area contributed by atoms with Gasteiger partial charge in [0.1, 0.15) is 4.90 Å². The number of benzene rings is 2.